The molecule has 1 aliphatic heterocycles. The summed E-state index contributed by atoms with van der Waals surface area (Å²) in [5, 5.41) is 2.83. The van der Waals surface area contributed by atoms with E-state index in [4.69, 9.17) is 4.74 Å². The largest absolute Gasteiger partial charge is 0.497 e. The number of amides is 3. The topological polar surface area (TPSA) is 58.6 Å². The van der Waals surface area contributed by atoms with Gasteiger partial charge < -0.3 is 10.1 Å². The highest BCUT2D eigenvalue weighted by atomic mass is 16.5. The van der Waals surface area contributed by atoms with Gasteiger partial charge in [-0.25, -0.2) is 4.79 Å². The normalized spacial score (nSPS) is 16.6. The molecule has 1 atom stereocenters. The number of hydrogen-bond donors (Lipinski definition) is 1. The number of aryl methyl sites for hydroxylation is 1. The lowest BCUT2D eigenvalue weighted by Gasteiger charge is -2.14. The second-order valence-corrected chi connectivity index (χ2v) is 7.56. The minimum absolute atomic E-state index is 0.132. The summed E-state index contributed by atoms with van der Waals surface area (Å²) >= 11 is 0. The number of urea groups is 1. The van der Waals surface area contributed by atoms with E-state index in [-0.39, 0.29) is 11.9 Å². The van der Waals surface area contributed by atoms with Gasteiger partial charge in [0.1, 0.15) is 11.8 Å². The average Bonchev–Trinajstić information content (AvgIpc) is 2.96. The third-order valence-electron chi connectivity index (χ3n) is 5.21. The highest BCUT2D eigenvalue weighted by molar-refractivity contribution is 6.04. The molecule has 0 radical (unpaired) electrons. The average molecular weight is 380 g/mol. The van der Waals surface area contributed by atoms with Crippen LogP contribution < -0.4 is 10.1 Å². The van der Waals surface area contributed by atoms with Crippen LogP contribution in [-0.2, 0) is 17.8 Å². The molecule has 3 amide bonds. The zero-order valence-corrected chi connectivity index (χ0v) is 16.8. The first kappa shape index (κ1) is 19.9. The van der Waals surface area contributed by atoms with E-state index in [1.165, 1.54) is 16.0 Å². The van der Waals surface area contributed by atoms with Crippen LogP contribution in [0.1, 0.15) is 49.3 Å². The fourth-order valence-corrected chi connectivity index (χ4v) is 3.42. The van der Waals surface area contributed by atoms with Crippen molar-refractivity contribution in [1.82, 2.24) is 10.2 Å². The van der Waals surface area contributed by atoms with Gasteiger partial charge in [-0.3, -0.25) is 9.69 Å². The SMILES string of the molecule is COc1ccc(CCCC2NC(=O)N(Cc3ccc(C(C)C)cc3)C2=O)cc1. The molecule has 0 aliphatic carbocycles. The van der Waals surface area contributed by atoms with Gasteiger partial charge in [-0.1, -0.05) is 50.2 Å². The first-order chi connectivity index (χ1) is 13.5. The van der Waals surface area contributed by atoms with Gasteiger partial charge in [-0.2, -0.15) is 0 Å². The van der Waals surface area contributed by atoms with Gasteiger partial charge >= 0.3 is 6.03 Å². The van der Waals surface area contributed by atoms with E-state index in [2.05, 4.69) is 31.3 Å². The molecule has 1 heterocycles. The number of imide groups is 1. The van der Waals surface area contributed by atoms with Gasteiger partial charge in [0.25, 0.3) is 5.91 Å². The molecule has 5 nitrogen and oxygen atoms in total. The number of rotatable bonds is 8. The smallest absolute Gasteiger partial charge is 0.325 e. The monoisotopic (exact) mass is 380 g/mol. The Morgan fingerprint density at radius 2 is 1.64 bits per heavy atom. The Labute approximate surface area is 166 Å². The number of nitrogens with one attached hydrogen (secondary N) is 1. The van der Waals surface area contributed by atoms with Crippen molar-refractivity contribution in [3.63, 3.8) is 0 Å². The summed E-state index contributed by atoms with van der Waals surface area (Å²) in [6.07, 6.45) is 2.33. The Kier molecular flexibility index (Phi) is 6.34. The molecular formula is C23H28N2O3. The molecule has 1 saturated heterocycles. The quantitative estimate of drug-likeness (QED) is 0.696. The Balaban J connectivity index is 1.52. The molecular weight excluding hydrogens is 352 g/mol. The fraction of sp³-hybridized carbons (Fsp3) is 0.391. The van der Waals surface area contributed by atoms with E-state index in [1.807, 2.05) is 36.4 Å². The third-order valence-corrected chi connectivity index (χ3v) is 5.21. The van der Waals surface area contributed by atoms with Crippen LogP contribution in [0, 0.1) is 0 Å². The maximum Gasteiger partial charge on any atom is 0.325 e. The maximum absolute atomic E-state index is 12.6. The molecule has 0 saturated carbocycles. The Morgan fingerprint density at radius 3 is 2.25 bits per heavy atom. The van der Waals surface area contributed by atoms with Crippen LogP contribution in [0.5, 0.6) is 5.75 Å². The molecule has 28 heavy (non-hydrogen) atoms. The summed E-state index contributed by atoms with van der Waals surface area (Å²) < 4.78 is 5.16. The van der Waals surface area contributed by atoms with Crippen molar-refractivity contribution in [2.75, 3.05) is 7.11 Å². The Bertz CT molecular complexity index is 813. The standard InChI is InChI=1S/C23H28N2O3/c1-16(2)19-11-7-18(8-12-19)15-25-22(26)21(24-23(25)27)6-4-5-17-9-13-20(28-3)14-10-17/h7-14,16,21H,4-6,15H2,1-3H3,(H,24,27). The summed E-state index contributed by atoms with van der Waals surface area (Å²) in [6, 6.07) is 15.3. The molecule has 1 fully saturated rings. The second kappa shape index (κ2) is 8.91. The van der Waals surface area contributed by atoms with E-state index >= 15 is 0 Å². The van der Waals surface area contributed by atoms with Crippen LogP contribution in [0.25, 0.3) is 0 Å². The molecule has 1 aliphatic rings. The minimum atomic E-state index is -0.430. The van der Waals surface area contributed by atoms with Crippen molar-refractivity contribution < 1.29 is 14.3 Å². The summed E-state index contributed by atoms with van der Waals surface area (Å²) in [5.41, 5.74) is 3.41. The minimum Gasteiger partial charge on any atom is -0.497 e. The lowest BCUT2D eigenvalue weighted by Crippen LogP contribution is -2.31. The number of benzene rings is 2. The number of ether oxygens (including phenoxy) is 1. The predicted octanol–water partition coefficient (Wildman–Crippen LogP) is 4.26. The molecule has 3 rings (SSSR count). The lowest BCUT2D eigenvalue weighted by molar-refractivity contribution is -0.128. The first-order valence-electron chi connectivity index (χ1n) is 9.81. The van der Waals surface area contributed by atoms with Crippen molar-refractivity contribution in [1.29, 1.82) is 0 Å². The van der Waals surface area contributed by atoms with E-state index in [9.17, 15) is 9.59 Å². The first-order valence-corrected chi connectivity index (χ1v) is 9.81. The predicted molar refractivity (Wildman–Crippen MR) is 109 cm³/mol. The molecule has 0 spiro atoms. The zero-order chi connectivity index (χ0) is 20.1. The van der Waals surface area contributed by atoms with Gasteiger partial charge in [-0.05, 0) is 54.0 Å². The summed E-state index contributed by atoms with van der Waals surface area (Å²) in [4.78, 5) is 26.2. The van der Waals surface area contributed by atoms with Gasteiger partial charge in [0.05, 0.1) is 13.7 Å². The van der Waals surface area contributed by atoms with Crippen LogP contribution >= 0.6 is 0 Å². The molecule has 148 valence electrons. The zero-order valence-electron chi connectivity index (χ0n) is 16.8. The van der Waals surface area contributed by atoms with Crippen molar-refractivity contribution in [2.45, 2.75) is 51.6 Å². The molecule has 2 aromatic rings. The lowest BCUT2D eigenvalue weighted by atomic mass is 10.0. The summed E-state index contributed by atoms with van der Waals surface area (Å²) in [6.45, 7) is 4.60. The number of methoxy groups -OCH3 is 1. The number of carbonyl (C=O) groups excluding carboxylic acids is 2. The van der Waals surface area contributed by atoms with Gasteiger partial charge in [0.2, 0.25) is 0 Å². The molecule has 0 aromatic heterocycles. The summed E-state index contributed by atoms with van der Waals surface area (Å²) in [5.74, 6) is 1.16. The molecule has 1 unspecified atom stereocenters. The second-order valence-electron chi connectivity index (χ2n) is 7.56. The molecule has 0 bridgehead atoms. The molecule has 1 N–H and O–H groups in total. The van der Waals surface area contributed by atoms with Crippen molar-refractivity contribution in [3.8, 4) is 5.75 Å². The Morgan fingerprint density at radius 1 is 1.00 bits per heavy atom. The van der Waals surface area contributed by atoms with Crippen LogP contribution in [0.4, 0.5) is 4.79 Å². The van der Waals surface area contributed by atoms with E-state index in [1.54, 1.807) is 7.11 Å². The van der Waals surface area contributed by atoms with Crippen LogP contribution in [0.2, 0.25) is 0 Å². The molecule has 2 aromatic carbocycles. The van der Waals surface area contributed by atoms with Gasteiger partial charge in [-0.15, -0.1) is 0 Å². The van der Waals surface area contributed by atoms with Crippen LogP contribution in [-0.4, -0.2) is 30.0 Å². The van der Waals surface area contributed by atoms with Gasteiger partial charge in [0, 0.05) is 0 Å². The van der Waals surface area contributed by atoms with E-state index in [0.717, 1.165) is 24.2 Å². The number of nitrogens with zero attached hydrogens (tertiary/aromatic N) is 1. The molecule has 5 heteroatoms. The van der Waals surface area contributed by atoms with E-state index in [0.29, 0.717) is 18.9 Å². The van der Waals surface area contributed by atoms with Crippen LogP contribution in [0.3, 0.4) is 0 Å². The number of carbonyl (C=O) groups is 2. The van der Waals surface area contributed by atoms with E-state index < -0.39 is 6.04 Å². The Hall–Kier alpha value is -2.82. The maximum atomic E-state index is 12.6. The van der Waals surface area contributed by atoms with Crippen molar-refractivity contribution in [2.24, 2.45) is 0 Å². The van der Waals surface area contributed by atoms with Crippen molar-refractivity contribution in [3.05, 3.63) is 65.2 Å². The van der Waals surface area contributed by atoms with Crippen LogP contribution in [0.15, 0.2) is 48.5 Å². The highest BCUT2D eigenvalue weighted by Crippen LogP contribution is 2.19. The van der Waals surface area contributed by atoms with Gasteiger partial charge in [0.15, 0.2) is 0 Å². The summed E-state index contributed by atoms with van der Waals surface area (Å²) in [7, 11) is 1.65. The number of hydrogen-bond acceptors (Lipinski definition) is 3. The third kappa shape index (κ3) is 4.71. The highest BCUT2D eigenvalue weighted by Gasteiger charge is 2.37. The fourth-order valence-electron chi connectivity index (χ4n) is 3.42. The van der Waals surface area contributed by atoms with Crippen molar-refractivity contribution >= 4 is 11.9 Å².